The highest BCUT2D eigenvalue weighted by molar-refractivity contribution is 5.55. The smallest absolute Gasteiger partial charge is 0.119 e. The largest absolute Gasteiger partial charge is 0.494 e. The zero-order valence-corrected chi connectivity index (χ0v) is 16.0. The van der Waals surface area contributed by atoms with E-state index < -0.39 is 0 Å². The highest BCUT2D eigenvalue weighted by atomic mass is 16.5. The lowest BCUT2D eigenvalue weighted by Gasteiger charge is -2.08. The third kappa shape index (κ3) is 10.7. The topological polar surface area (TPSA) is 21.6 Å². The number of hydrogen-bond acceptors (Lipinski definition) is 2. The number of unbranched alkanes of at least 4 members (excludes halogenated alkanes) is 1. The van der Waals surface area contributed by atoms with Crippen LogP contribution in [0.15, 0.2) is 40.5 Å². The molecule has 0 saturated carbocycles. The van der Waals surface area contributed by atoms with Crippen molar-refractivity contribution in [2.45, 2.75) is 73.6 Å². The highest BCUT2D eigenvalue weighted by Gasteiger charge is 2.00. The molecule has 2 heteroatoms. The lowest BCUT2D eigenvalue weighted by Crippen LogP contribution is -1.98. The molecule has 1 aromatic rings. The Kier molecular flexibility index (Phi) is 13.1. The van der Waals surface area contributed by atoms with Gasteiger partial charge in [-0.25, -0.2) is 0 Å². The van der Waals surface area contributed by atoms with Crippen LogP contribution in [0.2, 0.25) is 0 Å². The van der Waals surface area contributed by atoms with E-state index in [0.29, 0.717) is 0 Å². The van der Waals surface area contributed by atoms with E-state index in [1.807, 2.05) is 25.3 Å². The van der Waals surface area contributed by atoms with Crippen LogP contribution in [0.1, 0.15) is 72.3 Å². The molecular formula is C21H35NO. The maximum absolute atomic E-state index is 5.74. The summed E-state index contributed by atoms with van der Waals surface area (Å²) < 4.78 is 5.74. The van der Waals surface area contributed by atoms with Crippen molar-refractivity contribution in [2.24, 2.45) is 4.99 Å². The number of nitrogens with zero attached hydrogens (tertiary/aromatic N) is 1. The molecular weight excluding hydrogens is 282 g/mol. The molecule has 0 bridgehead atoms. The average molecular weight is 318 g/mol. The number of hydrogen-bond donors (Lipinski definition) is 0. The molecule has 0 aliphatic carbocycles. The number of aliphatic imine (C=N–C) groups is 1. The van der Waals surface area contributed by atoms with Crippen LogP contribution in [0.3, 0.4) is 0 Å². The predicted octanol–water partition coefficient (Wildman–Crippen LogP) is 6.74. The summed E-state index contributed by atoms with van der Waals surface area (Å²) in [5.74, 6) is 0.961. The fraction of sp³-hybridized carbons (Fsp3) is 0.571. The van der Waals surface area contributed by atoms with E-state index in [4.69, 9.17) is 4.74 Å². The molecule has 0 unspecified atom stereocenters. The Balaban J connectivity index is 0.00000149. The highest BCUT2D eigenvalue weighted by Crippen LogP contribution is 2.17. The Labute approximate surface area is 143 Å². The summed E-state index contributed by atoms with van der Waals surface area (Å²) in [6.07, 6.45) is 7.44. The Bertz CT molecular complexity index is 457. The maximum Gasteiger partial charge on any atom is 0.119 e. The second-order valence-electron chi connectivity index (χ2n) is 5.79. The van der Waals surface area contributed by atoms with Gasteiger partial charge in [0, 0.05) is 11.9 Å². The van der Waals surface area contributed by atoms with Crippen molar-refractivity contribution in [3.63, 3.8) is 0 Å². The van der Waals surface area contributed by atoms with Crippen LogP contribution in [0, 0.1) is 6.92 Å². The van der Waals surface area contributed by atoms with Gasteiger partial charge in [-0.3, -0.25) is 4.99 Å². The van der Waals surface area contributed by atoms with E-state index in [9.17, 15) is 0 Å². The summed E-state index contributed by atoms with van der Waals surface area (Å²) in [7, 11) is 0. The van der Waals surface area contributed by atoms with E-state index in [2.05, 4.69) is 51.7 Å². The van der Waals surface area contributed by atoms with Gasteiger partial charge in [-0.15, -0.1) is 0 Å². The first-order valence-electron chi connectivity index (χ1n) is 8.95. The summed E-state index contributed by atoms with van der Waals surface area (Å²) >= 11 is 0. The van der Waals surface area contributed by atoms with Crippen LogP contribution < -0.4 is 4.74 Å². The minimum atomic E-state index is 0.775. The summed E-state index contributed by atoms with van der Waals surface area (Å²) in [4.78, 5) is 4.47. The molecule has 0 atom stereocenters. The minimum Gasteiger partial charge on any atom is -0.494 e. The van der Waals surface area contributed by atoms with Crippen molar-refractivity contribution >= 4 is 6.21 Å². The van der Waals surface area contributed by atoms with Gasteiger partial charge in [0.15, 0.2) is 0 Å². The van der Waals surface area contributed by atoms with Crippen LogP contribution in [0.5, 0.6) is 5.75 Å². The van der Waals surface area contributed by atoms with Crippen molar-refractivity contribution in [1.82, 2.24) is 0 Å². The maximum atomic E-state index is 5.74. The van der Waals surface area contributed by atoms with E-state index in [1.54, 1.807) is 0 Å². The van der Waals surface area contributed by atoms with Crippen molar-refractivity contribution in [3.05, 3.63) is 41.1 Å². The van der Waals surface area contributed by atoms with Crippen molar-refractivity contribution in [3.8, 4) is 5.75 Å². The van der Waals surface area contributed by atoms with Crippen LogP contribution in [-0.2, 0) is 0 Å². The van der Waals surface area contributed by atoms with Gasteiger partial charge in [0.2, 0.25) is 0 Å². The Hall–Kier alpha value is -1.57. The van der Waals surface area contributed by atoms with Crippen molar-refractivity contribution < 1.29 is 4.74 Å². The van der Waals surface area contributed by atoms with Gasteiger partial charge in [-0.05, 0) is 58.6 Å². The Morgan fingerprint density at radius 3 is 2.22 bits per heavy atom. The first-order valence-corrected chi connectivity index (χ1v) is 8.95. The van der Waals surface area contributed by atoms with Gasteiger partial charge in [0.05, 0.1) is 6.61 Å². The summed E-state index contributed by atoms with van der Waals surface area (Å²) in [5, 5.41) is 0. The zero-order valence-electron chi connectivity index (χ0n) is 16.0. The molecule has 23 heavy (non-hydrogen) atoms. The standard InChI is InChI=1S/C18H27NO.C3H8/c1-5-16(4)18(19-6-2)9-7-8-14-20-17-12-10-15(3)11-13-17;1-3-2/h6,10-13H,5,7-9,14H2,1-4H3;3H2,1-2H3/b18-16-,19-6?;. The molecule has 0 amide bonds. The number of benzene rings is 1. The summed E-state index contributed by atoms with van der Waals surface area (Å²) in [5.41, 5.74) is 3.90. The molecule has 1 rings (SSSR count). The number of rotatable bonds is 8. The first-order chi connectivity index (χ1) is 11.1. The lowest BCUT2D eigenvalue weighted by molar-refractivity contribution is 0.306. The zero-order chi connectivity index (χ0) is 17.5. The molecule has 1 aromatic carbocycles. The number of allylic oxidation sites excluding steroid dienone is 2. The fourth-order valence-corrected chi connectivity index (χ4v) is 1.97. The molecule has 130 valence electrons. The third-order valence-electron chi connectivity index (χ3n) is 3.41. The molecule has 0 spiro atoms. The Morgan fingerprint density at radius 2 is 1.70 bits per heavy atom. The summed E-state index contributed by atoms with van der Waals surface area (Å²) in [6, 6.07) is 8.22. The van der Waals surface area contributed by atoms with Gasteiger partial charge in [0.25, 0.3) is 0 Å². The molecule has 0 aliphatic heterocycles. The monoisotopic (exact) mass is 317 g/mol. The second-order valence-corrected chi connectivity index (χ2v) is 5.79. The average Bonchev–Trinajstić information content (AvgIpc) is 2.55. The van der Waals surface area contributed by atoms with Crippen LogP contribution in [-0.4, -0.2) is 12.8 Å². The van der Waals surface area contributed by atoms with Crippen LogP contribution in [0.25, 0.3) is 0 Å². The fourth-order valence-electron chi connectivity index (χ4n) is 1.97. The minimum absolute atomic E-state index is 0.775. The summed E-state index contributed by atoms with van der Waals surface area (Å²) in [6.45, 7) is 13.4. The van der Waals surface area contributed by atoms with E-state index >= 15 is 0 Å². The van der Waals surface area contributed by atoms with Gasteiger partial charge in [-0.2, -0.15) is 0 Å². The molecule has 0 heterocycles. The van der Waals surface area contributed by atoms with Gasteiger partial charge < -0.3 is 4.74 Å². The number of aryl methyl sites for hydroxylation is 1. The quantitative estimate of drug-likeness (QED) is 0.384. The van der Waals surface area contributed by atoms with E-state index in [1.165, 1.54) is 23.3 Å². The predicted molar refractivity (Wildman–Crippen MR) is 104 cm³/mol. The van der Waals surface area contributed by atoms with Crippen LogP contribution in [0.4, 0.5) is 0 Å². The van der Waals surface area contributed by atoms with Gasteiger partial charge in [-0.1, -0.05) is 50.5 Å². The molecule has 0 fully saturated rings. The molecule has 0 aliphatic rings. The Morgan fingerprint density at radius 1 is 1.09 bits per heavy atom. The second kappa shape index (κ2) is 14.0. The van der Waals surface area contributed by atoms with Crippen molar-refractivity contribution in [1.29, 1.82) is 0 Å². The van der Waals surface area contributed by atoms with Crippen LogP contribution >= 0.6 is 0 Å². The lowest BCUT2D eigenvalue weighted by atomic mass is 10.1. The molecule has 0 aromatic heterocycles. The van der Waals surface area contributed by atoms with Gasteiger partial charge >= 0.3 is 0 Å². The molecule has 0 N–H and O–H groups in total. The van der Waals surface area contributed by atoms with E-state index in [-0.39, 0.29) is 0 Å². The first kappa shape index (κ1) is 21.4. The van der Waals surface area contributed by atoms with Gasteiger partial charge in [0.1, 0.15) is 5.75 Å². The van der Waals surface area contributed by atoms with Crippen molar-refractivity contribution in [2.75, 3.05) is 6.61 Å². The van der Waals surface area contributed by atoms with E-state index in [0.717, 1.165) is 38.0 Å². The molecule has 0 saturated heterocycles. The molecule has 2 nitrogen and oxygen atoms in total. The third-order valence-corrected chi connectivity index (χ3v) is 3.41. The molecule has 0 radical (unpaired) electrons. The number of ether oxygens (including phenoxy) is 1. The normalized spacial score (nSPS) is 11.7. The SMILES string of the molecule is CC=N/C(CCCCOc1ccc(C)cc1)=C(/C)CC.CCC.